The average molecular weight is 512 g/mol. The second-order valence-corrected chi connectivity index (χ2v) is 8.95. The molecular weight excluding hydrogens is 490 g/mol. The van der Waals surface area contributed by atoms with Gasteiger partial charge < -0.3 is 14.6 Å². The van der Waals surface area contributed by atoms with Crippen LogP contribution in [0, 0.1) is 17.0 Å². The van der Waals surface area contributed by atoms with Gasteiger partial charge in [0, 0.05) is 18.7 Å². The number of carbonyl (C=O) groups is 1. The highest BCUT2D eigenvalue weighted by Gasteiger charge is 2.16. The Kier molecular flexibility index (Phi) is 7.52. The number of fused-ring (bicyclic) bond motifs is 1. The number of non-ortho nitro benzene ring substituents is 1. The summed E-state index contributed by atoms with van der Waals surface area (Å²) in [5.41, 5.74) is 1.08. The molecule has 1 aromatic heterocycles. The molecule has 35 heavy (non-hydrogen) atoms. The summed E-state index contributed by atoms with van der Waals surface area (Å²) in [5.74, 6) is 1.08. The SMILES string of the molecule is CCn1c(COc2ccc3ccccc3c2C)nnc1SCC(=O)Nc1cc([N+](=O)[O-])ccc1Cl. The maximum atomic E-state index is 12.4. The standard InChI is InChI=1S/C24H22ClN5O4S/c1-3-29-22(13-34-21-11-8-16-6-4-5-7-18(16)15(21)2)27-28-24(29)35-14-23(31)26-20-12-17(30(32)33)9-10-19(20)25/h4-12H,3,13-14H2,1-2H3,(H,26,31). The Bertz CT molecular complexity index is 1410. The number of nitro benzene ring substituents is 1. The van der Waals surface area contributed by atoms with E-state index < -0.39 is 4.92 Å². The molecule has 0 radical (unpaired) electrons. The molecule has 0 bridgehead atoms. The van der Waals surface area contributed by atoms with Crippen LogP contribution in [-0.2, 0) is 17.9 Å². The third-order valence-corrected chi connectivity index (χ3v) is 6.68. The number of rotatable bonds is 9. The molecular formula is C24H22ClN5O4S. The van der Waals surface area contributed by atoms with Crippen LogP contribution in [0.3, 0.4) is 0 Å². The Morgan fingerprint density at radius 3 is 2.77 bits per heavy atom. The van der Waals surface area contributed by atoms with E-state index >= 15 is 0 Å². The number of hydrogen-bond acceptors (Lipinski definition) is 7. The number of carbonyl (C=O) groups excluding carboxylic acids is 1. The predicted molar refractivity (Wildman–Crippen MR) is 136 cm³/mol. The van der Waals surface area contributed by atoms with E-state index in [-0.39, 0.29) is 34.7 Å². The van der Waals surface area contributed by atoms with Crippen molar-refractivity contribution in [1.82, 2.24) is 14.8 Å². The fourth-order valence-corrected chi connectivity index (χ4v) is 4.58. The van der Waals surface area contributed by atoms with Gasteiger partial charge in [-0.3, -0.25) is 14.9 Å². The van der Waals surface area contributed by atoms with E-state index in [1.54, 1.807) is 0 Å². The first-order valence-electron chi connectivity index (χ1n) is 10.8. The van der Waals surface area contributed by atoms with Crippen LogP contribution in [0.25, 0.3) is 10.8 Å². The average Bonchev–Trinajstić information content (AvgIpc) is 3.25. The van der Waals surface area contributed by atoms with Crippen molar-refractivity contribution in [2.75, 3.05) is 11.1 Å². The summed E-state index contributed by atoms with van der Waals surface area (Å²) in [7, 11) is 0. The topological polar surface area (TPSA) is 112 Å². The zero-order chi connectivity index (χ0) is 24.9. The normalized spacial score (nSPS) is 10.9. The molecule has 180 valence electrons. The van der Waals surface area contributed by atoms with Crippen LogP contribution in [0.5, 0.6) is 5.75 Å². The van der Waals surface area contributed by atoms with Crippen LogP contribution >= 0.6 is 23.4 Å². The van der Waals surface area contributed by atoms with Crippen molar-refractivity contribution in [1.29, 1.82) is 0 Å². The zero-order valence-electron chi connectivity index (χ0n) is 19.0. The molecule has 1 N–H and O–H groups in total. The molecule has 0 spiro atoms. The fraction of sp³-hybridized carbons (Fsp3) is 0.208. The summed E-state index contributed by atoms with van der Waals surface area (Å²) in [6, 6.07) is 16.0. The molecule has 0 aliphatic carbocycles. The van der Waals surface area contributed by atoms with Crippen LogP contribution in [0.2, 0.25) is 5.02 Å². The molecule has 0 saturated heterocycles. The molecule has 11 heteroatoms. The second kappa shape index (κ2) is 10.7. The largest absolute Gasteiger partial charge is 0.485 e. The molecule has 3 aromatic carbocycles. The Balaban J connectivity index is 1.40. The van der Waals surface area contributed by atoms with Crippen molar-refractivity contribution < 1.29 is 14.5 Å². The molecule has 1 amide bonds. The number of aromatic nitrogens is 3. The number of anilines is 1. The molecule has 0 aliphatic heterocycles. The fourth-order valence-electron chi connectivity index (χ4n) is 3.59. The van der Waals surface area contributed by atoms with Crippen molar-refractivity contribution in [2.45, 2.75) is 32.2 Å². The number of nitro groups is 1. The van der Waals surface area contributed by atoms with Crippen molar-refractivity contribution >= 4 is 51.4 Å². The number of amides is 1. The molecule has 0 atom stereocenters. The molecule has 9 nitrogen and oxygen atoms in total. The van der Waals surface area contributed by atoms with Gasteiger partial charge in [-0.2, -0.15) is 0 Å². The molecule has 4 aromatic rings. The van der Waals surface area contributed by atoms with Crippen LogP contribution in [0.15, 0.2) is 59.8 Å². The smallest absolute Gasteiger partial charge is 0.271 e. The Morgan fingerprint density at radius 2 is 2.00 bits per heavy atom. The van der Waals surface area contributed by atoms with E-state index in [0.717, 1.165) is 22.1 Å². The van der Waals surface area contributed by atoms with Gasteiger partial charge in [-0.25, -0.2) is 0 Å². The van der Waals surface area contributed by atoms with Crippen molar-refractivity contribution in [3.05, 3.63) is 81.1 Å². The van der Waals surface area contributed by atoms with E-state index in [9.17, 15) is 14.9 Å². The van der Waals surface area contributed by atoms with Crippen LogP contribution in [0.4, 0.5) is 11.4 Å². The summed E-state index contributed by atoms with van der Waals surface area (Å²) < 4.78 is 7.94. The number of halogens is 1. The number of nitrogens with one attached hydrogen (secondary N) is 1. The summed E-state index contributed by atoms with van der Waals surface area (Å²) >= 11 is 7.26. The first-order valence-corrected chi connectivity index (χ1v) is 12.1. The minimum atomic E-state index is -0.548. The van der Waals surface area contributed by atoms with Gasteiger partial charge >= 0.3 is 0 Å². The monoisotopic (exact) mass is 511 g/mol. The van der Waals surface area contributed by atoms with E-state index in [2.05, 4.69) is 27.6 Å². The Morgan fingerprint density at radius 1 is 1.20 bits per heavy atom. The second-order valence-electron chi connectivity index (χ2n) is 7.60. The lowest BCUT2D eigenvalue weighted by molar-refractivity contribution is -0.384. The van der Waals surface area contributed by atoms with Gasteiger partial charge in [0.25, 0.3) is 5.69 Å². The highest BCUT2D eigenvalue weighted by atomic mass is 35.5. The zero-order valence-corrected chi connectivity index (χ0v) is 20.6. The third kappa shape index (κ3) is 5.55. The van der Waals surface area contributed by atoms with E-state index in [0.29, 0.717) is 17.5 Å². The Labute approximate surface area is 210 Å². The van der Waals surface area contributed by atoms with E-state index in [1.807, 2.05) is 42.7 Å². The van der Waals surface area contributed by atoms with Crippen LogP contribution < -0.4 is 10.1 Å². The minimum absolute atomic E-state index is 0.0296. The summed E-state index contributed by atoms with van der Waals surface area (Å²) in [6.45, 7) is 4.82. The highest BCUT2D eigenvalue weighted by Crippen LogP contribution is 2.29. The third-order valence-electron chi connectivity index (χ3n) is 5.38. The van der Waals surface area contributed by atoms with Gasteiger partial charge in [0.2, 0.25) is 5.91 Å². The highest BCUT2D eigenvalue weighted by molar-refractivity contribution is 7.99. The lowest BCUT2D eigenvalue weighted by Crippen LogP contribution is -2.15. The summed E-state index contributed by atoms with van der Waals surface area (Å²) in [6.07, 6.45) is 0. The van der Waals surface area contributed by atoms with Gasteiger partial charge in [0.15, 0.2) is 11.0 Å². The number of thioether (sulfide) groups is 1. The Hall–Kier alpha value is -3.63. The maximum absolute atomic E-state index is 12.4. The molecule has 4 rings (SSSR count). The number of hydrogen-bond donors (Lipinski definition) is 1. The number of benzene rings is 3. The predicted octanol–water partition coefficient (Wildman–Crippen LogP) is 5.63. The number of ether oxygens (including phenoxy) is 1. The number of aryl methyl sites for hydroxylation is 1. The molecule has 0 unspecified atom stereocenters. The molecule has 1 heterocycles. The van der Waals surface area contributed by atoms with Gasteiger partial charge in [0.05, 0.1) is 21.4 Å². The van der Waals surface area contributed by atoms with Crippen molar-refractivity contribution in [2.24, 2.45) is 0 Å². The molecule has 0 fully saturated rings. The molecule has 0 saturated carbocycles. The first kappa shape index (κ1) is 24.5. The summed E-state index contributed by atoms with van der Waals surface area (Å²) in [4.78, 5) is 22.9. The van der Waals surface area contributed by atoms with Crippen LogP contribution in [-0.4, -0.2) is 31.3 Å². The quantitative estimate of drug-likeness (QED) is 0.176. The maximum Gasteiger partial charge on any atom is 0.271 e. The lowest BCUT2D eigenvalue weighted by Gasteiger charge is -2.12. The minimum Gasteiger partial charge on any atom is -0.485 e. The van der Waals surface area contributed by atoms with Crippen molar-refractivity contribution in [3.8, 4) is 5.75 Å². The summed E-state index contributed by atoms with van der Waals surface area (Å²) in [5, 5.41) is 25.1. The number of nitrogens with zero attached hydrogens (tertiary/aromatic N) is 4. The van der Waals surface area contributed by atoms with Crippen LogP contribution in [0.1, 0.15) is 18.3 Å². The van der Waals surface area contributed by atoms with Gasteiger partial charge in [-0.1, -0.05) is 53.7 Å². The van der Waals surface area contributed by atoms with E-state index in [4.69, 9.17) is 16.3 Å². The van der Waals surface area contributed by atoms with Gasteiger partial charge in [0.1, 0.15) is 12.4 Å². The molecule has 0 aliphatic rings. The van der Waals surface area contributed by atoms with E-state index in [1.165, 1.54) is 30.0 Å². The first-order chi connectivity index (χ1) is 16.9. The van der Waals surface area contributed by atoms with Gasteiger partial charge in [-0.05, 0) is 42.3 Å². The van der Waals surface area contributed by atoms with Crippen molar-refractivity contribution in [3.63, 3.8) is 0 Å². The van der Waals surface area contributed by atoms with Gasteiger partial charge in [-0.15, -0.1) is 10.2 Å². The lowest BCUT2D eigenvalue weighted by atomic mass is 10.0.